The Bertz CT molecular complexity index is 941. The Kier molecular flexibility index (Phi) is 7.81. The van der Waals surface area contributed by atoms with Gasteiger partial charge in [0.25, 0.3) is 5.91 Å². The zero-order valence-electron chi connectivity index (χ0n) is 17.0. The lowest BCUT2D eigenvalue weighted by Gasteiger charge is -2.13. The molecule has 158 valence electrons. The number of hydrogen-bond acceptors (Lipinski definition) is 6. The van der Waals surface area contributed by atoms with E-state index in [1.54, 1.807) is 42.5 Å². The van der Waals surface area contributed by atoms with E-state index >= 15 is 0 Å². The van der Waals surface area contributed by atoms with Gasteiger partial charge in [-0.05, 0) is 36.4 Å². The highest BCUT2D eigenvalue weighted by Gasteiger charge is 2.11. The molecule has 0 fully saturated rings. The first-order chi connectivity index (χ1) is 14.3. The topological polar surface area (TPSA) is 118 Å². The molecule has 30 heavy (non-hydrogen) atoms. The van der Waals surface area contributed by atoms with E-state index in [1.807, 2.05) is 0 Å². The predicted molar refractivity (Wildman–Crippen MR) is 113 cm³/mol. The molecule has 0 unspecified atom stereocenters. The zero-order valence-corrected chi connectivity index (χ0v) is 17.0. The molecule has 0 bridgehead atoms. The lowest BCUT2D eigenvalue weighted by atomic mass is 10.2. The van der Waals surface area contributed by atoms with Crippen LogP contribution < -0.4 is 31.0 Å². The van der Waals surface area contributed by atoms with Crippen LogP contribution in [0, 0.1) is 0 Å². The summed E-state index contributed by atoms with van der Waals surface area (Å²) in [4.78, 5) is 35.4. The molecule has 0 heterocycles. The van der Waals surface area contributed by atoms with E-state index in [1.165, 1.54) is 21.1 Å². The van der Waals surface area contributed by atoms with E-state index in [0.717, 1.165) is 0 Å². The molecule has 0 aliphatic heterocycles. The van der Waals surface area contributed by atoms with Crippen LogP contribution >= 0.6 is 0 Å². The Morgan fingerprint density at radius 2 is 1.63 bits per heavy atom. The first-order valence-electron chi connectivity index (χ1n) is 8.96. The van der Waals surface area contributed by atoms with Gasteiger partial charge < -0.3 is 25.5 Å². The fourth-order valence-corrected chi connectivity index (χ4v) is 2.46. The third-order valence-corrected chi connectivity index (χ3v) is 3.88. The quantitative estimate of drug-likeness (QED) is 0.470. The van der Waals surface area contributed by atoms with Crippen molar-refractivity contribution in [3.05, 3.63) is 60.3 Å². The van der Waals surface area contributed by atoms with Crippen LogP contribution in [0.4, 0.5) is 11.4 Å². The summed E-state index contributed by atoms with van der Waals surface area (Å²) in [6.45, 7) is 5.13. The molecule has 4 N–H and O–H groups in total. The van der Waals surface area contributed by atoms with Crippen molar-refractivity contribution in [1.29, 1.82) is 0 Å². The molecule has 2 aromatic rings. The van der Waals surface area contributed by atoms with Crippen LogP contribution in [0.5, 0.6) is 11.5 Å². The van der Waals surface area contributed by atoms with Crippen molar-refractivity contribution in [1.82, 2.24) is 10.9 Å². The Hall–Kier alpha value is -4.01. The minimum absolute atomic E-state index is 0.0725. The number of ether oxygens (including phenoxy) is 2. The summed E-state index contributed by atoms with van der Waals surface area (Å²) < 4.78 is 10.4. The fraction of sp³-hybridized carbons (Fsp3) is 0.190. The number of hydrogen-bond donors (Lipinski definition) is 4. The summed E-state index contributed by atoms with van der Waals surface area (Å²) in [6.07, 6.45) is -0.0725. The summed E-state index contributed by atoms with van der Waals surface area (Å²) >= 11 is 0. The number of benzene rings is 2. The summed E-state index contributed by atoms with van der Waals surface area (Å²) in [5.41, 5.74) is 6.82. The molecule has 0 saturated heterocycles. The van der Waals surface area contributed by atoms with Crippen molar-refractivity contribution < 1.29 is 23.9 Å². The second-order valence-electron chi connectivity index (χ2n) is 6.23. The normalized spacial score (nSPS) is 9.83. The molecule has 2 rings (SSSR count). The van der Waals surface area contributed by atoms with E-state index < -0.39 is 5.91 Å². The van der Waals surface area contributed by atoms with Crippen molar-refractivity contribution in [3.8, 4) is 11.5 Å². The van der Waals surface area contributed by atoms with Gasteiger partial charge in [-0.25, -0.2) is 0 Å². The smallest absolute Gasteiger partial charge is 0.269 e. The summed E-state index contributed by atoms with van der Waals surface area (Å²) in [5, 5.41) is 5.33. The SMILES string of the molecule is C=C(CC(=O)Nc1ccc(OC)cc1OC)NNC(=O)c1ccc(NC(C)=O)cc1. The van der Waals surface area contributed by atoms with Crippen molar-refractivity contribution in [2.45, 2.75) is 13.3 Å². The lowest BCUT2D eigenvalue weighted by molar-refractivity contribution is -0.116. The Morgan fingerprint density at radius 3 is 2.23 bits per heavy atom. The summed E-state index contributed by atoms with van der Waals surface area (Å²) in [6, 6.07) is 11.4. The third-order valence-electron chi connectivity index (χ3n) is 3.88. The fourth-order valence-electron chi connectivity index (χ4n) is 2.46. The molecular weight excluding hydrogens is 388 g/mol. The molecule has 0 aromatic heterocycles. The predicted octanol–water partition coefficient (Wildman–Crippen LogP) is 2.44. The molecule has 0 atom stereocenters. The minimum atomic E-state index is -0.414. The zero-order chi connectivity index (χ0) is 22.1. The molecule has 9 heteroatoms. The standard InChI is InChI=1S/C21H24N4O5/c1-13(11-20(27)23-18-10-9-17(29-3)12-19(18)30-4)24-25-21(28)15-5-7-16(8-6-15)22-14(2)26/h5-10,12,24H,1,11H2,2-4H3,(H,22,26)(H,23,27)(H,25,28). The van der Waals surface area contributed by atoms with Crippen LogP contribution in [0.15, 0.2) is 54.7 Å². The average Bonchev–Trinajstić information content (AvgIpc) is 2.72. The first-order valence-corrected chi connectivity index (χ1v) is 8.96. The van der Waals surface area contributed by atoms with Crippen molar-refractivity contribution in [2.75, 3.05) is 24.9 Å². The molecular formula is C21H24N4O5. The highest BCUT2D eigenvalue weighted by atomic mass is 16.5. The van der Waals surface area contributed by atoms with Crippen molar-refractivity contribution in [3.63, 3.8) is 0 Å². The number of amides is 3. The van der Waals surface area contributed by atoms with Crippen LogP contribution in [0.2, 0.25) is 0 Å². The summed E-state index contributed by atoms with van der Waals surface area (Å²) in [5.74, 6) is 0.101. The average molecular weight is 412 g/mol. The second-order valence-corrected chi connectivity index (χ2v) is 6.23. The number of nitrogens with one attached hydrogen (secondary N) is 4. The number of carbonyl (C=O) groups excluding carboxylic acids is 3. The highest BCUT2D eigenvalue weighted by molar-refractivity contribution is 5.96. The van der Waals surface area contributed by atoms with Crippen LogP contribution in [0.25, 0.3) is 0 Å². The molecule has 0 aliphatic rings. The third kappa shape index (κ3) is 6.55. The maximum atomic E-state index is 12.2. The number of anilines is 2. The van der Waals surface area contributed by atoms with Gasteiger partial charge in [0, 0.05) is 29.9 Å². The van der Waals surface area contributed by atoms with Gasteiger partial charge in [-0.15, -0.1) is 0 Å². The molecule has 3 amide bonds. The van der Waals surface area contributed by atoms with Gasteiger partial charge in [-0.3, -0.25) is 19.8 Å². The van der Waals surface area contributed by atoms with E-state index in [0.29, 0.717) is 34.1 Å². The second kappa shape index (κ2) is 10.5. The molecule has 2 aromatic carbocycles. The van der Waals surface area contributed by atoms with Gasteiger partial charge in [-0.2, -0.15) is 0 Å². The molecule has 0 radical (unpaired) electrons. The lowest BCUT2D eigenvalue weighted by Crippen LogP contribution is -2.37. The number of hydrazine groups is 1. The first kappa shape index (κ1) is 22.3. The molecule has 0 spiro atoms. The minimum Gasteiger partial charge on any atom is -0.497 e. The van der Waals surface area contributed by atoms with Gasteiger partial charge in [0.1, 0.15) is 11.5 Å². The Balaban J connectivity index is 1.84. The van der Waals surface area contributed by atoms with Crippen LogP contribution in [0.3, 0.4) is 0 Å². The van der Waals surface area contributed by atoms with Gasteiger partial charge >= 0.3 is 0 Å². The largest absolute Gasteiger partial charge is 0.497 e. The van der Waals surface area contributed by atoms with Crippen molar-refractivity contribution in [2.24, 2.45) is 0 Å². The van der Waals surface area contributed by atoms with E-state index in [-0.39, 0.29) is 18.2 Å². The van der Waals surface area contributed by atoms with Gasteiger partial charge in [0.05, 0.1) is 26.3 Å². The van der Waals surface area contributed by atoms with E-state index in [4.69, 9.17) is 9.47 Å². The number of methoxy groups -OCH3 is 2. The Labute approximate surface area is 174 Å². The van der Waals surface area contributed by atoms with E-state index in [9.17, 15) is 14.4 Å². The number of rotatable bonds is 9. The molecule has 9 nitrogen and oxygen atoms in total. The molecule has 0 aliphatic carbocycles. The highest BCUT2D eigenvalue weighted by Crippen LogP contribution is 2.29. The monoisotopic (exact) mass is 412 g/mol. The maximum Gasteiger partial charge on any atom is 0.269 e. The van der Waals surface area contributed by atoms with Crippen LogP contribution in [0.1, 0.15) is 23.7 Å². The van der Waals surface area contributed by atoms with Gasteiger partial charge in [0.2, 0.25) is 11.8 Å². The van der Waals surface area contributed by atoms with Gasteiger partial charge in [0.15, 0.2) is 0 Å². The Morgan fingerprint density at radius 1 is 0.933 bits per heavy atom. The van der Waals surface area contributed by atoms with Gasteiger partial charge in [-0.1, -0.05) is 6.58 Å². The number of carbonyl (C=O) groups is 3. The van der Waals surface area contributed by atoms with Crippen LogP contribution in [-0.2, 0) is 9.59 Å². The van der Waals surface area contributed by atoms with Crippen molar-refractivity contribution >= 4 is 29.1 Å². The van der Waals surface area contributed by atoms with E-state index in [2.05, 4.69) is 28.1 Å². The maximum absolute atomic E-state index is 12.2. The summed E-state index contributed by atoms with van der Waals surface area (Å²) in [7, 11) is 3.03. The van der Waals surface area contributed by atoms with Crippen LogP contribution in [-0.4, -0.2) is 31.9 Å². The molecule has 0 saturated carbocycles.